The van der Waals surface area contributed by atoms with E-state index in [0.29, 0.717) is 12.1 Å². The Morgan fingerprint density at radius 1 is 1.38 bits per heavy atom. The van der Waals surface area contributed by atoms with Gasteiger partial charge in [0.25, 0.3) is 0 Å². The van der Waals surface area contributed by atoms with Crippen molar-refractivity contribution in [1.29, 1.82) is 0 Å². The van der Waals surface area contributed by atoms with E-state index < -0.39 is 0 Å². The van der Waals surface area contributed by atoms with Crippen molar-refractivity contribution in [2.45, 2.75) is 45.3 Å². The SMILES string of the molecule is CCC(NC(C)C(C)N)c1cccc(Cl)c1. The highest BCUT2D eigenvalue weighted by Crippen LogP contribution is 2.20. The molecular weight excluding hydrogens is 220 g/mol. The lowest BCUT2D eigenvalue weighted by Crippen LogP contribution is -2.42. The Labute approximate surface area is 103 Å². The summed E-state index contributed by atoms with van der Waals surface area (Å²) in [4.78, 5) is 0. The second-order valence-electron chi connectivity index (χ2n) is 4.33. The maximum Gasteiger partial charge on any atom is 0.0409 e. The zero-order valence-electron chi connectivity index (χ0n) is 10.2. The smallest absolute Gasteiger partial charge is 0.0409 e. The van der Waals surface area contributed by atoms with Crippen LogP contribution in [0, 0.1) is 0 Å². The van der Waals surface area contributed by atoms with Gasteiger partial charge in [0.2, 0.25) is 0 Å². The van der Waals surface area contributed by atoms with Crippen molar-refractivity contribution in [3.63, 3.8) is 0 Å². The number of hydrogen-bond donors (Lipinski definition) is 2. The van der Waals surface area contributed by atoms with Gasteiger partial charge >= 0.3 is 0 Å². The largest absolute Gasteiger partial charge is 0.327 e. The fourth-order valence-corrected chi connectivity index (χ4v) is 1.84. The Bertz CT molecular complexity index is 325. The summed E-state index contributed by atoms with van der Waals surface area (Å²) in [6, 6.07) is 8.75. The Morgan fingerprint density at radius 2 is 2.06 bits per heavy atom. The summed E-state index contributed by atoms with van der Waals surface area (Å²) in [5, 5.41) is 4.31. The number of rotatable bonds is 5. The van der Waals surface area contributed by atoms with Gasteiger partial charge in [-0.1, -0.05) is 30.7 Å². The van der Waals surface area contributed by atoms with E-state index in [0.717, 1.165) is 11.4 Å². The van der Waals surface area contributed by atoms with E-state index in [4.69, 9.17) is 17.3 Å². The van der Waals surface area contributed by atoms with E-state index in [9.17, 15) is 0 Å². The zero-order chi connectivity index (χ0) is 12.1. The average Bonchev–Trinajstić information content (AvgIpc) is 2.25. The summed E-state index contributed by atoms with van der Waals surface area (Å²) < 4.78 is 0. The van der Waals surface area contributed by atoms with E-state index in [1.54, 1.807) is 0 Å². The topological polar surface area (TPSA) is 38.0 Å². The fraction of sp³-hybridized carbons (Fsp3) is 0.538. The Balaban J connectivity index is 2.74. The molecule has 16 heavy (non-hydrogen) atoms. The Kier molecular flexibility index (Phi) is 5.26. The van der Waals surface area contributed by atoms with Gasteiger partial charge < -0.3 is 11.1 Å². The third kappa shape index (κ3) is 3.78. The van der Waals surface area contributed by atoms with Crippen LogP contribution in [0.3, 0.4) is 0 Å². The van der Waals surface area contributed by atoms with Crippen molar-refractivity contribution >= 4 is 11.6 Å². The predicted molar refractivity (Wildman–Crippen MR) is 70.7 cm³/mol. The average molecular weight is 241 g/mol. The van der Waals surface area contributed by atoms with Crippen LogP contribution in [0.4, 0.5) is 0 Å². The van der Waals surface area contributed by atoms with Crippen LogP contribution in [0.5, 0.6) is 0 Å². The molecule has 0 radical (unpaired) electrons. The molecule has 0 fully saturated rings. The Hall–Kier alpha value is -0.570. The van der Waals surface area contributed by atoms with Crippen molar-refractivity contribution in [2.75, 3.05) is 0 Å². The monoisotopic (exact) mass is 240 g/mol. The normalized spacial score (nSPS) is 16.8. The molecular formula is C13H21ClN2. The van der Waals surface area contributed by atoms with Crippen LogP contribution in [0.25, 0.3) is 0 Å². The number of halogens is 1. The molecule has 0 saturated heterocycles. The first-order chi connectivity index (χ1) is 7.54. The van der Waals surface area contributed by atoms with E-state index in [1.165, 1.54) is 5.56 Å². The molecule has 0 saturated carbocycles. The van der Waals surface area contributed by atoms with E-state index in [2.05, 4.69) is 25.2 Å². The molecule has 0 aliphatic rings. The van der Waals surface area contributed by atoms with Gasteiger partial charge in [0.15, 0.2) is 0 Å². The molecule has 90 valence electrons. The van der Waals surface area contributed by atoms with Crippen LogP contribution in [0.2, 0.25) is 5.02 Å². The van der Waals surface area contributed by atoms with Gasteiger partial charge in [-0.2, -0.15) is 0 Å². The molecule has 1 aromatic rings. The van der Waals surface area contributed by atoms with Gasteiger partial charge in [-0.05, 0) is 38.0 Å². The minimum atomic E-state index is 0.147. The van der Waals surface area contributed by atoms with Crippen LogP contribution >= 0.6 is 11.6 Å². The zero-order valence-corrected chi connectivity index (χ0v) is 11.0. The molecule has 1 rings (SSSR count). The first kappa shape index (κ1) is 13.5. The van der Waals surface area contributed by atoms with Crippen LogP contribution in [0.15, 0.2) is 24.3 Å². The summed E-state index contributed by atoms with van der Waals surface area (Å²) in [7, 11) is 0. The summed E-state index contributed by atoms with van der Waals surface area (Å²) >= 11 is 5.99. The highest BCUT2D eigenvalue weighted by atomic mass is 35.5. The van der Waals surface area contributed by atoms with Crippen molar-refractivity contribution in [1.82, 2.24) is 5.32 Å². The molecule has 3 unspecified atom stereocenters. The quantitative estimate of drug-likeness (QED) is 0.830. The lowest BCUT2D eigenvalue weighted by Gasteiger charge is -2.25. The standard InChI is InChI=1S/C13H21ClN2/c1-4-13(16-10(3)9(2)15)11-6-5-7-12(14)8-11/h5-10,13,16H,4,15H2,1-3H3. The lowest BCUT2D eigenvalue weighted by molar-refractivity contribution is 0.406. The van der Waals surface area contributed by atoms with Crippen molar-refractivity contribution in [3.8, 4) is 0 Å². The van der Waals surface area contributed by atoms with Gasteiger partial charge in [-0.3, -0.25) is 0 Å². The number of nitrogens with one attached hydrogen (secondary N) is 1. The van der Waals surface area contributed by atoms with Crippen LogP contribution in [-0.2, 0) is 0 Å². The van der Waals surface area contributed by atoms with E-state index >= 15 is 0 Å². The predicted octanol–water partition coefficient (Wildman–Crippen LogP) is 3.12. The first-order valence-corrected chi connectivity index (χ1v) is 6.19. The van der Waals surface area contributed by atoms with Crippen molar-refractivity contribution in [3.05, 3.63) is 34.9 Å². The molecule has 3 N–H and O–H groups in total. The van der Waals surface area contributed by atoms with Gasteiger partial charge in [0.05, 0.1) is 0 Å². The highest BCUT2D eigenvalue weighted by molar-refractivity contribution is 6.30. The molecule has 0 heterocycles. The molecule has 3 atom stereocenters. The maximum atomic E-state index is 5.99. The fourth-order valence-electron chi connectivity index (χ4n) is 1.64. The molecule has 0 aliphatic carbocycles. The van der Waals surface area contributed by atoms with Crippen LogP contribution in [-0.4, -0.2) is 12.1 Å². The molecule has 0 aromatic heterocycles. The van der Waals surface area contributed by atoms with E-state index in [-0.39, 0.29) is 6.04 Å². The molecule has 2 nitrogen and oxygen atoms in total. The minimum absolute atomic E-state index is 0.147. The highest BCUT2D eigenvalue weighted by Gasteiger charge is 2.14. The van der Waals surface area contributed by atoms with E-state index in [1.807, 2.05) is 25.1 Å². The third-order valence-electron chi connectivity index (χ3n) is 2.91. The Morgan fingerprint density at radius 3 is 2.56 bits per heavy atom. The second-order valence-corrected chi connectivity index (χ2v) is 4.77. The minimum Gasteiger partial charge on any atom is -0.327 e. The van der Waals surface area contributed by atoms with Gasteiger partial charge in [-0.15, -0.1) is 0 Å². The summed E-state index contributed by atoms with van der Waals surface area (Å²) in [6.07, 6.45) is 1.03. The molecule has 3 heteroatoms. The lowest BCUT2D eigenvalue weighted by atomic mass is 10.0. The summed E-state index contributed by atoms with van der Waals surface area (Å²) in [5.41, 5.74) is 7.08. The number of nitrogens with two attached hydrogens (primary N) is 1. The molecule has 0 aliphatic heterocycles. The molecule has 0 spiro atoms. The number of hydrogen-bond acceptors (Lipinski definition) is 2. The second kappa shape index (κ2) is 6.24. The molecule has 0 amide bonds. The summed E-state index contributed by atoms with van der Waals surface area (Å²) in [5.74, 6) is 0. The molecule has 0 bridgehead atoms. The van der Waals surface area contributed by atoms with Crippen molar-refractivity contribution < 1.29 is 0 Å². The number of benzene rings is 1. The van der Waals surface area contributed by atoms with Gasteiger partial charge in [-0.25, -0.2) is 0 Å². The van der Waals surface area contributed by atoms with Crippen molar-refractivity contribution in [2.24, 2.45) is 5.73 Å². The van der Waals surface area contributed by atoms with Gasteiger partial charge in [0, 0.05) is 23.1 Å². The maximum absolute atomic E-state index is 5.99. The van der Waals surface area contributed by atoms with Crippen LogP contribution in [0.1, 0.15) is 38.8 Å². The van der Waals surface area contributed by atoms with Gasteiger partial charge in [0.1, 0.15) is 0 Å². The molecule has 1 aromatic carbocycles. The first-order valence-electron chi connectivity index (χ1n) is 5.81. The van der Waals surface area contributed by atoms with Crippen LogP contribution < -0.4 is 11.1 Å². The summed E-state index contributed by atoms with van der Waals surface area (Å²) in [6.45, 7) is 6.28. The third-order valence-corrected chi connectivity index (χ3v) is 3.15.